The summed E-state index contributed by atoms with van der Waals surface area (Å²) in [6, 6.07) is 7.74. The Labute approximate surface area is 166 Å². The number of piperidine rings is 1. The standard InChI is InChI=1S/C20H26N4O2.ClH/c1-15(2)26-18-8-6-7-16(11-18)12-21-19(25)17-13-22-20(23-14-17)24-9-4-3-5-10-24;/h6-8,11,13-15H,3-5,9-10,12H2,1-2H3,(H,21,25);1H. The number of aromatic nitrogens is 2. The van der Waals surface area contributed by atoms with Crippen LogP contribution in [0.25, 0.3) is 0 Å². The van der Waals surface area contributed by atoms with Crippen molar-refractivity contribution < 1.29 is 9.53 Å². The fraction of sp³-hybridized carbons (Fsp3) is 0.450. The zero-order valence-electron chi connectivity index (χ0n) is 15.9. The number of carbonyl (C=O) groups is 1. The highest BCUT2D eigenvalue weighted by Gasteiger charge is 2.14. The maximum absolute atomic E-state index is 12.3. The lowest BCUT2D eigenvalue weighted by Crippen LogP contribution is -2.31. The molecule has 1 aromatic heterocycles. The van der Waals surface area contributed by atoms with Crippen LogP contribution in [0.2, 0.25) is 0 Å². The second-order valence-electron chi connectivity index (χ2n) is 6.82. The molecule has 0 aliphatic carbocycles. The summed E-state index contributed by atoms with van der Waals surface area (Å²) in [6.07, 6.45) is 6.93. The number of anilines is 1. The molecule has 1 amide bonds. The number of benzene rings is 1. The molecular formula is C20H27ClN4O2. The molecule has 2 heterocycles. The Morgan fingerprint density at radius 2 is 1.89 bits per heavy atom. The lowest BCUT2D eigenvalue weighted by Gasteiger charge is -2.26. The van der Waals surface area contributed by atoms with Crippen LogP contribution in [-0.2, 0) is 6.54 Å². The van der Waals surface area contributed by atoms with Gasteiger partial charge in [0.15, 0.2) is 0 Å². The summed E-state index contributed by atoms with van der Waals surface area (Å²) in [5, 5.41) is 2.91. The quantitative estimate of drug-likeness (QED) is 0.816. The van der Waals surface area contributed by atoms with Crippen LogP contribution < -0.4 is 15.0 Å². The second kappa shape index (κ2) is 10.1. The summed E-state index contributed by atoms with van der Waals surface area (Å²) >= 11 is 0. The fourth-order valence-electron chi connectivity index (χ4n) is 2.98. The first-order chi connectivity index (χ1) is 12.6. The van der Waals surface area contributed by atoms with E-state index in [0.717, 1.165) is 24.4 Å². The van der Waals surface area contributed by atoms with Crippen molar-refractivity contribution in [1.29, 1.82) is 0 Å². The third kappa shape index (κ3) is 6.10. The van der Waals surface area contributed by atoms with Gasteiger partial charge in [0, 0.05) is 32.0 Å². The van der Waals surface area contributed by atoms with Crippen molar-refractivity contribution in [2.24, 2.45) is 0 Å². The lowest BCUT2D eigenvalue weighted by molar-refractivity contribution is 0.0950. The molecule has 2 aromatic rings. The Morgan fingerprint density at radius 1 is 1.19 bits per heavy atom. The third-order valence-corrected chi connectivity index (χ3v) is 4.26. The van der Waals surface area contributed by atoms with Crippen molar-refractivity contribution >= 4 is 24.3 Å². The summed E-state index contributed by atoms with van der Waals surface area (Å²) in [5.74, 6) is 1.34. The van der Waals surface area contributed by atoms with Gasteiger partial charge in [-0.1, -0.05) is 12.1 Å². The van der Waals surface area contributed by atoms with Crippen LogP contribution >= 0.6 is 12.4 Å². The number of amides is 1. The zero-order chi connectivity index (χ0) is 18.4. The maximum atomic E-state index is 12.3. The molecule has 3 rings (SSSR count). The number of carbonyl (C=O) groups excluding carboxylic acids is 1. The Kier molecular flexibility index (Phi) is 7.85. The SMILES string of the molecule is CC(C)Oc1cccc(CNC(=O)c2cnc(N3CCCCC3)nc2)c1.Cl. The van der Waals surface area contributed by atoms with Crippen molar-refractivity contribution in [2.75, 3.05) is 18.0 Å². The van der Waals surface area contributed by atoms with Gasteiger partial charge in [-0.15, -0.1) is 12.4 Å². The van der Waals surface area contributed by atoms with Crippen molar-refractivity contribution in [3.8, 4) is 5.75 Å². The molecule has 1 N–H and O–H groups in total. The second-order valence-corrected chi connectivity index (χ2v) is 6.82. The van der Waals surface area contributed by atoms with Crippen LogP contribution in [0, 0.1) is 0 Å². The third-order valence-electron chi connectivity index (χ3n) is 4.26. The normalized spacial score (nSPS) is 13.8. The molecule has 0 radical (unpaired) electrons. The monoisotopic (exact) mass is 390 g/mol. The van der Waals surface area contributed by atoms with E-state index in [0.29, 0.717) is 18.1 Å². The first-order valence-corrected chi connectivity index (χ1v) is 9.22. The van der Waals surface area contributed by atoms with Crippen LogP contribution in [0.1, 0.15) is 49.0 Å². The molecule has 0 saturated carbocycles. The van der Waals surface area contributed by atoms with Crippen molar-refractivity contribution in [1.82, 2.24) is 15.3 Å². The molecule has 1 fully saturated rings. The number of hydrogen-bond acceptors (Lipinski definition) is 5. The number of halogens is 1. The molecule has 0 atom stereocenters. The number of nitrogens with zero attached hydrogens (tertiary/aromatic N) is 3. The smallest absolute Gasteiger partial charge is 0.254 e. The number of ether oxygens (including phenoxy) is 1. The Balaban J connectivity index is 0.00000261. The number of hydrogen-bond donors (Lipinski definition) is 1. The van der Waals surface area contributed by atoms with Crippen molar-refractivity contribution in [2.45, 2.75) is 45.8 Å². The van der Waals surface area contributed by atoms with Gasteiger partial charge in [0.1, 0.15) is 5.75 Å². The van der Waals surface area contributed by atoms with Crippen LogP contribution in [0.5, 0.6) is 5.75 Å². The predicted octanol–water partition coefficient (Wildman–Crippen LogP) is 3.61. The molecule has 146 valence electrons. The molecule has 1 aliphatic heterocycles. The highest BCUT2D eigenvalue weighted by atomic mass is 35.5. The Bertz CT molecular complexity index is 731. The van der Waals surface area contributed by atoms with Gasteiger partial charge >= 0.3 is 0 Å². The van der Waals surface area contributed by atoms with Crippen LogP contribution in [-0.4, -0.2) is 35.1 Å². The largest absolute Gasteiger partial charge is 0.491 e. The number of nitrogens with one attached hydrogen (secondary N) is 1. The van der Waals surface area contributed by atoms with E-state index in [9.17, 15) is 4.79 Å². The predicted molar refractivity (Wildman–Crippen MR) is 109 cm³/mol. The number of rotatable bonds is 6. The molecule has 1 aromatic carbocycles. The molecule has 0 bridgehead atoms. The average molecular weight is 391 g/mol. The zero-order valence-corrected chi connectivity index (χ0v) is 16.7. The van der Waals surface area contributed by atoms with Crippen LogP contribution in [0.3, 0.4) is 0 Å². The van der Waals surface area contributed by atoms with E-state index in [4.69, 9.17) is 4.74 Å². The van der Waals surface area contributed by atoms with Gasteiger partial charge < -0.3 is 15.0 Å². The van der Waals surface area contributed by atoms with Crippen LogP contribution in [0.4, 0.5) is 5.95 Å². The summed E-state index contributed by atoms with van der Waals surface area (Å²) < 4.78 is 5.68. The summed E-state index contributed by atoms with van der Waals surface area (Å²) in [6.45, 7) is 6.38. The molecule has 27 heavy (non-hydrogen) atoms. The fourth-order valence-corrected chi connectivity index (χ4v) is 2.98. The van der Waals surface area contributed by atoms with E-state index in [1.165, 1.54) is 19.3 Å². The minimum absolute atomic E-state index is 0. The van der Waals surface area contributed by atoms with E-state index in [1.807, 2.05) is 38.1 Å². The van der Waals surface area contributed by atoms with Gasteiger partial charge in [-0.2, -0.15) is 0 Å². The minimum atomic E-state index is -0.176. The topological polar surface area (TPSA) is 67.3 Å². The maximum Gasteiger partial charge on any atom is 0.254 e. The van der Waals surface area contributed by atoms with Gasteiger partial charge in [0.05, 0.1) is 11.7 Å². The van der Waals surface area contributed by atoms with E-state index in [2.05, 4.69) is 20.2 Å². The van der Waals surface area contributed by atoms with E-state index < -0.39 is 0 Å². The van der Waals surface area contributed by atoms with Crippen LogP contribution in [0.15, 0.2) is 36.7 Å². The Hall–Kier alpha value is -2.34. The molecule has 7 heteroatoms. The Morgan fingerprint density at radius 3 is 2.56 bits per heavy atom. The summed E-state index contributed by atoms with van der Waals surface area (Å²) in [4.78, 5) is 23.2. The van der Waals surface area contributed by atoms with Gasteiger partial charge in [-0.25, -0.2) is 9.97 Å². The molecule has 6 nitrogen and oxygen atoms in total. The van der Waals surface area contributed by atoms with Crippen molar-refractivity contribution in [3.63, 3.8) is 0 Å². The van der Waals surface area contributed by atoms with E-state index >= 15 is 0 Å². The highest BCUT2D eigenvalue weighted by Crippen LogP contribution is 2.16. The molecule has 0 spiro atoms. The average Bonchev–Trinajstić information content (AvgIpc) is 2.67. The lowest BCUT2D eigenvalue weighted by atomic mass is 10.1. The summed E-state index contributed by atoms with van der Waals surface area (Å²) in [7, 11) is 0. The van der Waals surface area contributed by atoms with E-state index in [1.54, 1.807) is 12.4 Å². The summed E-state index contributed by atoms with van der Waals surface area (Å²) in [5.41, 5.74) is 1.46. The van der Waals surface area contributed by atoms with Crippen molar-refractivity contribution in [3.05, 3.63) is 47.8 Å². The highest BCUT2D eigenvalue weighted by molar-refractivity contribution is 5.93. The molecule has 1 saturated heterocycles. The van der Waals surface area contributed by atoms with Gasteiger partial charge in [-0.3, -0.25) is 4.79 Å². The molecule has 1 aliphatic rings. The minimum Gasteiger partial charge on any atom is -0.491 e. The van der Waals surface area contributed by atoms with Gasteiger partial charge in [0.25, 0.3) is 5.91 Å². The van der Waals surface area contributed by atoms with Gasteiger partial charge in [0.2, 0.25) is 5.95 Å². The molecular weight excluding hydrogens is 364 g/mol. The first kappa shape index (κ1) is 21.0. The molecule has 0 unspecified atom stereocenters. The van der Waals surface area contributed by atoms with Gasteiger partial charge in [-0.05, 0) is 50.8 Å². The van der Waals surface area contributed by atoms with E-state index in [-0.39, 0.29) is 24.4 Å². The first-order valence-electron chi connectivity index (χ1n) is 9.22.